The Kier molecular flexibility index (Phi) is 5.90. The number of nitrogens with one attached hydrogen (secondary N) is 1. The molecule has 0 aliphatic carbocycles. The van der Waals surface area contributed by atoms with Crippen molar-refractivity contribution in [1.29, 1.82) is 0 Å². The molecule has 1 fully saturated rings. The maximum absolute atomic E-state index is 12.7. The minimum Gasteiger partial charge on any atom is -0.382 e. The summed E-state index contributed by atoms with van der Waals surface area (Å²) < 4.78 is 1.91. The van der Waals surface area contributed by atoms with Crippen molar-refractivity contribution in [2.24, 2.45) is 0 Å². The van der Waals surface area contributed by atoms with Gasteiger partial charge in [0.15, 0.2) is 0 Å². The van der Waals surface area contributed by atoms with Crippen molar-refractivity contribution >= 4 is 28.8 Å². The van der Waals surface area contributed by atoms with E-state index in [4.69, 9.17) is 10.7 Å². The number of fused-ring (bicyclic) bond motifs is 1. The fourth-order valence-electron chi connectivity index (χ4n) is 4.48. The van der Waals surface area contributed by atoms with E-state index in [1.54, 1.807) is 30.2 Å². The molecule has 1 saturated heterocycles. The van der Waals surface area contributed by atoms with Gasteiger partial charge in [-0.1, -0.05) is 36.3 Å². The number of aromatic nitrogens is 3. The number of carbonyl (C=O) groups is 2. The molecule has 0 radical (unpaired) electrons. The van der Waals surface area contributed by atoms with Crippen LogP contribution in [0.15, 0.2) is 67.0 Å². The normalized spacial score (nSPS) is 15.0. The molecule has 2 amide bonds. The SMILES string of the molecule is CC#CC(=O)N1CCC[C@H]1c1nc(-c2ccc(C(=O)Nc3ccccc3)cc2)c2c(N)nccn12. The van der Waals surface area contributed by atoms with Gasteiger partial charge in [-0.2, -0.15) is 0 Å². The predicted octanol–water partition coefficient (Wildman–Crippen LogP) is 3.92. The lowest BCUT2D eigenvalue weighted by atomic mass is 10.1. The van der Waals surface area contributed by atoms with E-state index in [0.29, 0.717) is 29.1 Å². The summed E-state index contributed by atoms with van der Waals surface area (Å²) in [6.07, 6.45) is 5.10. The number of benzene rings is 2. The summed E-state index contributed by atoms with van der Waals surface area (Å²) in [5, 5.41) is 2.89. The van der Waals surface area contributed by atoms with Crippen LogP contribution in [0.25, 0.3) is 16.8 Å². The zero-order chi connectivity index (χ0) is 24.4. The quantitative estimate of drug-likeness (QED) is 0.446. The molecule has 1 aliphatic heterocycles. The molecule has 8 nitrogen and oxygen atoms in total. The Balaban J connectivity index is 1.51. The first kappa shape index (κ1) is 22.2. The molecule has 8 heteroatoms. The van der Waals surface area contributed by atoms with E-state index in [0.717, 1.165) is 29.9 Å². The van der Waals surface area contributed by atoms with Gasteiger partial charge in [-0.25, -0.2) is 9.97 Å². The number of nitrogens with two attached hydrogens (primary N) is 1. The number of carbonyl (C=O) groups excluding carboxylic acids is 2. The number of nitrogen functional groups attached to an aromatic ring is 1. The smallest absolute Gasteiger partial charge is 0.299 e. The van der Waals surface area contributed by atoms with Crippen molar-refractivity contribution in [3.63, 3.8) is 0 Å². The van der Waals surface area contributed by atoms with Crippen molar-refractivity contribution in [1.82, 2.24) is 19.3 Å². The number of imidazole rings is 1. The van der Waals surface area contributed by atoms with Crippen molar-refractivity contribution in [2.45, 2.75) is 25.8 Å². The van der Waals surface area contributed by atoms with Gasteiger partial charge in [0.25, 0.3) is 11.8 Å². The molecule has 2 aromatic carbocycles. The number of hydrogen-bond donors (Lipinski definition) is 2. The first-order valence-electron chi connectivity index (χ1n) is 11.4. The predicted molar refractivity (Wildman–Crippen MR) is 134 cm³/mol. The summed E-state index contributed by atoms with van der Waals surface area (Å²) in [5.74, 6) is 6.00. The Morgan fingerprint density at radius 3 is 2.63 bits per heavy atom. The molecule has 2 aromatic heterocycles. The molecule has 0 spiro atoms. The van der Waals surface area contributed by atoms with Gasteiger partial charge in [0, 0.05) is 35.8 Å². The summed E-state index contributed by atoms with van der Waals surface area (Å²) in [5.41, 5.74) is 9.66. The third kappa shape index (κ3) is 4.20. The lowest BCUT2D eigenvalue weighted by molar-refractivity contribution is -0.126. The molecule has 3 heterocycles. The fourth-order valence-corrected chi connectivity index (χ4v) is 4.48. The van der Waals surface area contributed by atoms with Gasteiger partial charge in [-0.3, -0.25) is 14.0 Å². The average molecular weight is 465 g/mol. The second-order valence-corrected chi connectivity index (χ2v) is 8.28. The highest BCUT2D eigenvalue weighted by atomic mass is 16.2. The maximum atomic E-state index is 12.7. The van der Waals surface area contributed by atoms with Crippen LogP contribution in [-0.2, 0) is 4.79 Å². The molecule has 4 aromatic rings. The van der Waals surface area contributed by atoms with Crippen molar-refractivity contribution in [3.05, 3.63) is 78.4 Å². The number of nitrogens with zero attached hydrogens (tertiary/aromatic N) is 4. The minimum atomic E-state index is -0.206. The number of amides is 2. The van der Waals surface area contributed by atoms with Crippen LogP contribution in [0.4, 0.5) is 11.5 Å². The van der Waals surface area contributed by atoms with Crippen molar-refractivity contribution < 1.29 is 9.59 Å². The molecule has 35 heavy (non-hydrogen) atoms. The molecule has 3 N–H and O–H groups in total. The monoisotopic (exact) mass is 464 g/mol. The second kappa shape index (κ2) is 9.31. The number of para-hydroxylation sites is 1. The van der Waals surface area contributed by atoms with Gasteiger partial charge in [0.2, 0.25) is 0 Å². The van der Waals surface area contributed by atoms with E-state index in [1.807, 2.05) is 53.1 Å². The zero-order valence-electron chi connectivity index (χ0n) is 19.2. The lowest BCUT2D eigenvalue weighted by Gasteiger charge is -2.21. The van der Waals surface area contributed by atoms with E-state index in [-0.39, 0.29) is 17.9 Å². The van der Waals surface area contributed by atoms with Gasteiger partial charge in [0.05, 0.1) is 6.04 Å². The van der Waals surface area contributed by atoms with Crippen LogP contribution in [0.1, 0.15) is 42.0 Å². The van der Waals surface area contributed by atoms with Crippen LogP contribution < -0.4 is 11.1 Å². The van der Waals surface area contributed by atoms with E-state index in [2.05, 4.69) is 22.1 Å². The van der Waals surface area contributed by atoms with Gasteiger partial charge < -0.3 is 16.0 Å². The third-order valence-corrected chi connectivity index (χ3v) is 6.11. The molecule has 1 aliphatic rings. The highest BCUT2D eigenvalue weighted by Gasteiger charge is 2.33. The summed E-state index contributed by atoms with van der Waals surface area (Å²) in [6, 6.07) is 16.3. The Hall–Kier alpha value is -4.64. The van der Waals surface area contributed by atoms with Crippen molar-refractivity contribution in [2.75, 3.05) is 17.6 Å². The average Bonchev–Trinajstić information content (AvgIpc) is 3.51. The van der Waals surface area contributed by atoms with Crippen LogP contribution >= 0.6 is 0 Å². The molecule has 0 saturated carbocycles. The number of likely N-dealkylation sites (tertiary alicyclic amines) is 1. The highest BCUT2D eigenvalue weighted by Crippen LogP contribution is 2.36. The zero-order valence-corrected chi connectivity index (χ0v) is 19.2. The summed E-state index contributed by atoms with van der Waals surface area (Å²) in [4.78, 5) is 36.2. The van der Waals surface area contributed by atoms with E-state index in [9.17, 15) is 9.59 Å². The molecular formula is C27H24N6O2. The Labute approximate surface area is 202 Å². The minimum absolute atomic E-state index is 0.198. The Morgan fingerprint density at radius 2 is 1.89 bits per heavy atom. The molecule has 0 bridgehead atoms. The topological polar surface area (TPSA) is 106 Å². The highest BCUT2D eigenvalue weighted by molar-refractivity contribution is 6.04. The van der Waals surface area contributed by atoms with Crippen LogP contribution in [0.3, 0.4) is 0 Å². The van der Waals surface area contributed by atoms with Crippen LogP contribution in [0, 0.1) is 11.8 Å². The molecule has 5 rings (SSSR count). The third-order valence-electron chi connectivity index (χ3n) is 6.11. The number of rotatable bonds is 4. The molecular weight excluding hydrogens is 440 g/mol. The van der Waals surface area contributed by atoms with E-state index >= 15 is 0 Å². The molecule has 0 unspecified atom stereocenters. The first-order valence-corrected chi connectivity index (χ1v) is 11.4. The summed E-state index contributed by atoms with van der Waals surface area (Å²) in [7, 11) is 0. The molecule has 1 atom stereocenters. The van der Waals surface area contributed by atoms with Gasteiger partial charge in [-0.15, -0.1) is 0 Å². The Bertz CT molecular complexity index is 1460. The van der Waals surface area contributed by atoms with Crippen LogP contribution in [0.2, 0.25) is 0 Å². The lowest BCUT2D eigenvalue weighted by Crippen LogP contribution is -2.30. The van der Waals surface area contributed by atoms with Crippen molar-refractivity contribution in [3.8, 4) is 23.1 Å². The Morgan fingerprint density at radius 1 is 1.11 bits per heavy atom. The van der Waals surface area contributed by atoms with Crippen LogP contribution in [0.5, 0.6) is 0 Å². The molecule has 174 valence electrons. The standard InChI is InChI=1S/C27H24N6O2/c1-2-7-22(34)32-16-6-10-21(32)26-31-23(24-25(28)29-15-17-33(24)26)18-11-13-19(14-12-18)27(35)30-20-8-4-3-5-9-20/h3-5,8-9,11-15,17,21H,6,10,16H2,1H3,(H2,28,29)(H,30,35)/t21-/m0/s1. The van der Waals surface area contributed by atoms with Gasteiger partial charge in [0.1, 0.15) is 22.9 Å². The second-order valence-electron chi connectivity index (χ2n) is 8.28. The van der Waals surface area contributed by atoms with Gasteiger partial charge in [-0.05, 0) is 50.0 Å². The number of anilines is 2. The summed E-state index contributed by atoms with van der Waals surface area (Å²) in [6.45, 7) is 2.29. The fraction of sp³-hybridized carbons (Fsp3) is 0.185. The summed E-state index contributed by atoms with van der Waals surface area (Å²) >= 11 is 0. The largest absolute Gasteiger partial charge is 0.382 e. The van der Waals surface area contributed by atoms with E-state index in [1.165, 1.54) is 0 Å². The van der Waals surface area contributed by atoms with E-state index < -0.39 is 0 Å². The maximum Gasteiger partial charge on any atom is 0.299 e. The first-order chi connectivity index (χ1) is 17.1. The van der Waals surface area contributed by atoms with Crippen LogP contribution in [-0.4, -0.2) is 37.6 Å². The van der Waals surface area contributed by atoms with Gasteiger partial charge >= 0.3 is 0 Å². The number of hydrogen-bond acceptors (Lipinski definition) is 5.